The van der Waals surface area contributed by atoms with Crippen molar-refractivity contribution in [3.8, 4) is 5.75 Å². The van der Waals surface area contributed by atoms with Gasteiger partial charge in [-0.3, -0.25) is 20.2 Å². The Morgan fingerprint density at radius 1 is 1.21 bits per heavy atom. The summed E-state index contributed by atoms with van der Waals surface area (Å²) < 4.78 is 5.13. The minimum atomic E-state index is -0.438. The summed E-state index contributed by atoms with van der Waals surface area (Å²) in [5, 5.41) is 14.7. The molecule has 1 amide bonds. The number of carbonyl (C=O) groups excluding carboxylic acids is 1. The molecule has 1 aliphatic rings. The molecule has 1 aliphatic heterocycles. The van der Waals surface area contributed by atoms with Crippen LogP contribution in [0.25, 0.3) is 0 Å². The summed E-state index contributed by atoms with van der Waals surface area (Å²) in [6.45, 7) is 1.97. The number of hydrogen-bond acceptors (Lipinski definition) is 6. The van der Waals surface area contributed by atoms with Crippen LogP contribution >= 0.6 is 23.8 Å². The normalized spacial score (nSPS) is 13.7. The first kappa shape index (κ1) is 20.8. The summed E-state index contributed by atoms with van der Waals surface area (Å²) in [7, 11) is 1.53. The first-order valence-corrected chi connectivity index (χ1v) is 9.61. The van der Waals surface area contributed by atoms with Crippen LogP contribution in [0.1, 0.15) is 10.4 Å². The van der Waals surface area contributed by atoms with E-state index >= 15 is 0 Å². The molecule has 10 heteroatoms. The van der Waals surface area contributed by atoms with E-state index in [1.807, 2.05) is 9.80 Å². The summed E-state index contributed by atoms with van der Waals surface area (Å²) in [6.07, 6.45) is 0. The van der Waals surface area contributed by atoms with Crippen LogP contribution in [0.2, 0.25) is 5.02 Å². The lowest BCUT2D eigenvalue weighted by Gasteiger charge is -2.37. The van der Waals surface area contributed by atoms with Crippen LogP contribution in [0.15, 0.2) is 42.5 Å². The predicted molar refractivity (Wildman–Crippen MR) is 115 cm³/mol. The highest BCUT2D eigenvalue weighted by Crippen LogP contribution is 2.35. The summed E-state index contributed by atoms with van der Waals surface area (Å²) in [4.78, 5) is 27.0. The molecule has 1 fully saturated rings. The van der Waals surface area contributed by atoms with Crippen LogP contribution in [0.5, 0.6) is 5.75 Å². The van der Waals surface area contributed by atoms with Crippen molar-refractivity contribution in [2.75, 3.05) is 38.2 Å². The number of nitrogens with one attached hydrogen (secondary N) is 1. The molecule has 0 saturated carbocycles. The van der Waals surface area contributed by atoms with Gasteiger partial charge < -0.3 is 14.5 Å². The zero-order chi connectivity index (χ0) is 21.0. The second kappa shape index (κ2) is 9.06. The minimum absolute atomic E-state index is 0.0279. The van der Waals surface area contributed by atoms with Crippen molar-refractivity contribution in [3.05, 3.63) is 63.2 Å². The predicted octanol–water partition coefficient (Wildman–Crippen LogP) is 3.09. The number of thiocarbonyl (C=S) groups is 1. The van der Waals surface area contributed by atoms with Gasteiger partial charge in [0.25, 0.3) is 11.6 Å². The van der Waals surface area contributed by atoms with Crippen LogP contribution in [0.3, 0.4) is 0 Å². The molecule has 0 aliphatic carbocycles. The number of amides is 1. The molecule has 1 N–H and O–H groups in total. The van der Waals surface area contributed by atoms with Crippen LogP contribution in [0, 0.1) is 10.1 Å². The van der Waals surface area contributed by atoms with Crippen molar-refractivity contribution in [3.63, 3.8) is 0 Å². The number of nitrogens with zero attached hydrogens (tertiary/aromatic N) is 3. The van der Waals surface area contributed by atoms with E-state index < -0.39 is 4.92 Å². The number of ether oxygens (including phenoxy) is 1. The highest BCUT2D eigenvalue weighted by Gasteiger charge is 2.27. The average Bonchev–Trinajstić information content (AvgIpc) is 2.73. The monoisotopic (exact) mass is 434 g/mol. The lowest BCUT2D eigenvalue weighted by molar-refractivity contribution is -0.384. The van der Waals surface area contributed by atoms with Gasteiger partial charge in [-0.15, -0.1) is 0 Å². The second-order valence-electron chi connectivity index (χ2n) is 6.33. The van der Waals surface area contributed by atoms with Gasteiger partial charge in [-0.25, -0.2) is 0 Å². The minimum Gasteiger partial charge on any atom is -0.497 e. The van der Waals surface area contributed by atoms with E-state index in [1.165, 1.54) is 13.2 Å². The molecule has 3 rings (SSSR count). The highest BCUT2D eigenvalue weighted by molar-refractivity contribution is 7.80. The Hall–Kier alpha value is -2.91. The first-order chi connectivity index (χ1) is 13.9. The molecule has 29 heavy (non-hydrogen) atoms. The Kier molecular flexibility index (Phi) is 6.50. The maximum atomic E-state index is 12.4. The number of para-hydroxylation sites is 1. The molecule has 2 aromatic rings. The average molecular weight is 435 g/mol. The highest BCUT2D eigenvalue weighted by atomic mass is 35.5. The van der Waals surface area contributed by atoms with Gasteiger partial charge in [0, 0.05) is 37.8 Å². The molecule has 1 heterocycles. The third-order valence-electron chi connectivity index (χ3n) is 4.60. The number of piperazine rings is 1. The molecule has 1 saturated heterocycles. The Morgan fingerprint density at radius 2 is 1.90 bits per heavy atom. The Bertz CT molecular complexity index is 948. The topological polar surface area (TPSA) is 88.0 Å². The quantitative estimate of drug-likeness (QED) is 0.449. The van der Waals surface area contributed by atoms with Crippen LogP contribution in [-0.2, 0) is 0 Å². The van der Waals surface area contributed by atoms with Gasteiger partial charge in [0.05, 0.1) is 17.1 Å². The molecule has 8 nitrogen and oxygen atoms in total. The van der Waals surface area contributed by atoms with E-state index in [2.05, 4.69) is 5.32 Å². The largest absolute Gasteiger partial charge is 0.497 e. The van der Waals surface area contributed by atoms with E-state index in [9.17, 15) is 14.9 Å². The van der Waals surface area contributed by atoms with Gasteiger partial charge in [-0.1, -0.05) is 23.7 Å². The lowest BCUT2D eigenvalue weighted by Crippen LogP contribution is -2.52. The van der Waals surface area contributed by atoms with Crippen LogP contribution < -0.4 is 15.0 Å². The SMILES string of the molecule is COc1cccc(C(=O)NC(=S)N2CCN(c3c(Cl)cccc3[N+](=O)[O-])CC2)c1. The Balaban J connectivity index is 1.63. The molecule has 2 aromatic carbocycles. The molecule has 0 unspecified atom stereocenters. The fourth-order valence-electron chi connectivity index (χ4n) is 3.11. The number of carbonyl (C=O) groups is 1. The van der Waals surface area contributed by atoms with Gasteiger partial charge in [0.2, 0.25) is 0 Å². The number of nitro benzene ring substituents is 1. The molecule has 0 radical (unpaired) electrons. The molecule has 152 valence electrons. The van der Waals surface area contributed by atoms with Gasteiger partial charge >= 0.3 is 0 Å². The smallest absolute Gasteiger partial charge is 0.294 e. The lowest BCUT2D eigenvalue weighted by atomic mass is 10.2. The van der Waals surface area contributed by atoms with E-state index in [4.69, 9.17) is 28.6 Å². The fourth-order valence-corrected chi connectivity index (χ4v) is 3.67. The maximum Gasteiger partial charge on any atom is 0.294 e. The van der Waals surface area contributed by atoms with Crippen molar-refractivity contribution in [2.45, 2.75) is 0 Å². The Morgan fingerprint density at radius 3 is 2.55 bits per heavy atom. The van der Waals surface area contributed by atoms with Crippen molar-refractivity contribution >= 4 is 46.2 Å². The number of hydrogen-bond donors (Lipinski definition) is 1. The van der Waals surface area contributed by atoms with Crippen molar-refractivity contribution in [1.82, 2.24) is 10.2 Å². The summed E-state index contributed by atoms with van der Waals surface area (Å²) in [5.41, 5.74) is 0.821. The van der Waals surface area contributed by atoms with E-state index in [0.29, 0.717) is 53.3 Å². The van der Waals surface area contributed by atoms with E-state index in [-0.39, 0.29) is 11.6 Å². The number of methoxy groups -OCH3 is 1. The number of anilines is 1. The van der Waals surface area contributed by atoms with Gasteiger partial charge in [0.1, 0.15) is 11.4 Å². The summed E-state index contributed by atoms with van der Waals surface area (Å²) in [6, 6.07) is 11.4. The van der Waals surface area contributed by atoms with E-state index in [0.717, 1.165) is 0 Å². The fraction of sp³-hybridized carbons (Fsp3) is 0.263. The van der Waals surface area contributed by atoms with Gasteiger partial charge in [0.15, 0.2) is 5.11 Å². The number of nitro groups is 1. The number of benzene rings is 2. The van der Waals surface area contributed by atoms with Crippen LogP contribution in [-0.4, -0.2) is 54.1 Å². The standard InChI is InChI=1S/C19H19ClN4O4S/c1-28-14-5-2-4-13(12-14)18(25)21-19(29)23-10-8-22(9-11-23)17-15(20)6-3-7-16(17)24(26)27/h2-7,12H,8-11H2,1H3,(H,21,25,29). The molecule has 0 bridgehead atoms. The zero-order valence-corrected chi connectivity index (χ0v) is 17.2. The summed E-state index contributed by atoms with van der Waals surface area (Å²) in [5.74, 6) is 0.261. The number of rotatable bonds is 4. The molecular weight excluding hydrogens is 416 g/mol. The molecular formula is C19H19ClN4O4S. The van der Waals surface area contributed by atoms with Crippen molar-refractivity contribution in [2.24, 2.45) is 0 Å². The number of halogens is 1. The molecule has 0 spiro atoms. The van der Waals surface area contributed by atoms with E-state index in [1.54, 1.807) is 36.4 Å². The maximum absolute atomic E-state index is 12.4. The van der Waals surface area contributed by atoms with Crippen LogP contribution in [0.4, 0.5) is 11.4 Å². The van der Waals surface area contributed by atoms with Gasteiger partial charge in [-0.05, 0) is 36.5 Å². The third-order valence-corrected chi connectivity index (χ3v) is 5.26. The van der Waals surface area contributed by atoms with Gasteiger partial charge in [-0.2, -0.15) is 0 Å². The van der Waals surface area contributed by atoms with Crippen molar-refractivity contribution in [1.29, 1.82) is 0 Å². The Labute approximate surface area is 178 Å². The third kappa shape index (κ3) is 4.75. The second-order valence-corrected chi connectivity index (χ2v) is 7.12. The summed E-state index contributed by atoms with van der Waals surface area (Å²) >= 11 is 11.6. The first-order valence-electron chi connectivity index (χ1n) is 8.83. The van der Waals surface area contributed by atoms with Crippen molar-refractivity contribution < 1.29 is 14.5 Å². The molecule has 0 atom stereocenters. The molecule has 0 aromatic heterocycles. The zero-order valence-electron chi connectivity index (χ0n) is 15.6.